The van der Waals surface area contributed by atoms with Gasteiger partial charge in [0.1, 0.15) is 5.54 Å². The summed E-state index contributed by atoms with van der Waals surface area (Å²) in [5.41, 5.74) is 4.12. The second kappa shape index (κ2) is 7.39. The molecule has 0 aliphatic carbocycles. The van der Waals surface area contributed by atoms with Gasteiger partial charge in [-0.2, -0.15) is 0 Å². The largest absolute Gasteiger partial charge is 0.372 e. The normalized spacial score (nSPS) is 23.1. The van der Waals surface area contributed by atoms with Crippen LogP contribution in [0.15, 0.2) is 66.9 Å². The molecular weight excluding hydrogens is 422 g/mol. The molecule has 3 aliphatic rings. The number of carbonyl (C=O) groups excluding carboxylic acids is 1. The van der Waals surface area contributed by atoms with Crippen molar-refractivity contribution < 1.29 is 9.53 Å². The average Bonchev–Trinajstić information content (AvgIpc) is 3.42. The summed E-state index contributed by atoms with van der Waals surface area (Å²) in [6, 6.07) is 20.3. The average molecular weight is 448 g/mol. The van der Waals surface area contributed by atoms with Crippen molar-refractivity contribution in [3.8, 4) is 5.69 Å². The van der Waals surface area contributed by atoms with Crippen molar-refractivity contribution >= 4 is 23.2 Å². The summed E-state index contributed by atoms with van der Waals surface area (Å²) in [6.45, 7) is 2.10. The van der Waals surface area contributed by atoms with E-state index in [1.807, 2.05) is 29.2 Å². The van der Waals surface area contributed by atoms with Gasteiger partial charge in [-0.1, -0.05) is 35.9 Å². The summed E-state index contributed by atoms with van der Waals surface area (Å²) in [5, 5.41) is 4.49. The van der Waals surface area contributed by atoms with Crippen molar-refractivity contribution in [1.29, 1.82) is 0 Å². The first-order chi connectivity index (χ1) is 15.6. The monoisotopic (exact) mass is 447 g/mol. The van der Waals surface area contributed by atoms with Crippen LogP contribution in [-0.4, -0.2) is 40.7 Å². The van der Waals surface area contributed by atoms with Crippen LogP contribution in [0.25, 0.3) is 5.69 Å². The summed E-state index contributed by atoms with van der Waals surface area (Å²) >= 11 is 6.08. The fourth-order valence-electron chi connectivity index (χ4n) is 5.68. The van der Waals surface area contributed by atoms with Gasteiger partial charge in [-0.05, 0) is 54.8 Å². The van der Waals surface area contributed by atoms with Crippen LogP contribution in [0.3, 0.4) is 0 Å². The highest BCUT2D eigenvalue weighted by Gasteiger charge is 2.54. The van der Waals surface area contributed by atoms with Crippen LogP contribution >= 0.6 is 11.6 Å². The van der Waals surface area contributed by atoms with E-state index in [0.29, 0.717) is 18.1 Å². The van der Waals surface area contributed by atoms with Crippen LogP contribution in [0.2, 0.25) is 5.02 Å². The molecule has 32 heavy (non-hydrogen) atoms. The topological polar surface area (TPSA) is 46.5 Å². The van der Waals surface area contributed by atoms with E-state index in [-0.39, 0.29) is 17.0 Å². The minimum Gasteiger partial charge on any atom is -0.372 e. The number of anilines is 1. The Kier molecular flexibility index (Phi) is 4.60. The number of likely N-dealkylation sites (tertiary alicyclic amines) is 1. The van der Waals surface area contributed by atoms with Crippen molar-refractivity contribution in [2.45, 2.75) is 36.8 Å². The lowest BCUT2D eigenvalue weighted by atomic mass is 9.79. The lowest BCUT2D eigenvalue weighted by Crippen LogP contribution is -2.48. The maximum absolute atomic E-state index is 12.9. The second-order valence-corrected chi connectivity index (χ2v) is 9.76. The number of ether oxygens (including phenoxy) is 1. The number of para-hydroxylation sites is 2. The molecule has 2 saturated heterocycles. The molecule has 0 unspecified atom stereocenters. The van der Waals surface area contributed by atoms with Gasteiger partial charge in [0, 0.05) is 30.7 Å². The molecule has 1 amide bonds. The number of hydrogen-bond acceptors (Lipinski definition) is 3. The number of rotatable bonds is 2. The number of aromatic nitrogens is 1. The maximum atomic E-state index is 12.9. The Morgan fingerprint density at radius 3 is 2.75 bits per heavy atom. The standard InChI is InChI=1S/C26H26ClN3O2/c27-20-6-3-5-19(15-20)16-24(31)29-13-10-25(11-14-29)17-26(18-32-25)23-9-4-12-30(23)22-8-2-1-7-21(22)28-26/h1-9,12,15,28H,10-11,13-14,16-18H2/t26-/m0/s1. The number of benzene rings is 2. The summed E-state index contributed by atoms with van der Waals surface area (Å²) in [6.07, 6.45) is 5.16. The lowest BCUT2D eigenvalue weighted by Gasteiger charge is -2.41. The first-order valence-corrected chi connectivity index (χ1v) is 11.7. The van der Waals surface area contributed by atoms with E-state index in [9.17, 15) is 4.79 Å². The van der Waals surface area contributed by atoms with Crippen LogP contribution in [-0.2, 0) is 21.5 Å². The van der Waals surface area contributed by atoms with Gasteiger partial charge in [0.2, 0.25) is 5.91 Å². The van der Waals surface area contributed by atoms with Crippen molar-refractivity contribution in [2.24, 2.45) is 0 Å². The van der Waals surface area contributed by atoms with E-state index < -0.39 is 0 Å². The van der Waals surface area contributed by atoms with E-state index in [2.05, 4.69) is 52.5 Å². The van der Waals surface area contributed by atoms with Gasteiger partial charge in [0.05, 0.1) is 35.7 Å². The Morgan fingerprint density at radius 1 is 1.06 bits per heavy atom. The molecule has 6 heteroatoms. The number of fused-ring (bicyclic) bond motifs is 4. The maximum Gasteiger partial charge on any atom is 0.226 e. The molecule has 2 fully saturated rings. The molecule has 2 spiro atoms. The third-order valence-corrected chi connectivity index (χ3v) is 7.53. The lowest BCUT2D eigenvalue weighted by molar-refractivity contribution is -0.135. The molecule has 2 aromatic carbocycles. The van der Waals surface area contributed by atoms with Crippen LogP contribution < -0.4 is 5.32 Å². The summed E-state index contributed by atoms with van der Waals surface area (Å²) in [4.78, 5) is 14.8. The zero-order valence-electron chi connectivity index (χ0n) is 17.9. The van der Waals surface area contributed by atoms with Crippen molar-refractivity contribution in [1.82, 2.24) is 9.47 Å². The highest BCUT2D eigenvalue weighted by Crippen LogP contribution is 2.50. The van der Waals surface area contributed by atoms with Crippen molar-refractivity contribution in [3.63, 3.8) is 0 Å². The van der Waals surface area contributed by atoms with Crippen molar-refractivity contribution in [2.75, 3.05) is 25.0 Å². The molecule has 6 rings (SSSR count). The number of nitrogens with one attached hydrogen (secondary N) is 1. The minimum atomic E-state index is -0.231. The molecule has 0 bridgehead atoms. The Labute approximate surface area is 192 Å². The second-order valence-electron chi connectivity index (χ2n) is 9.32. The van der Waals surface area contributed by atoms with Crippen LogP contribution in [0, 0.1) is 0 Å². The Hall–Kier alpha value is -2.76. The molecule has 5 nitrogen and oxygen atoms in total. The van der Waals surface area contributed by atoms with Gasteiger partial charge >= 0.3 is 0 Å². The van der Waals surface area contributed by atoms with E-state index in [1.54, 1.807) is 0 Å². The van der Waals surface area contributed by atoms with Gasteiger partial charge in [-0.15, -0.1) is 0 Å². The first kappa shape index (κ1) is 19.9. The van der Waals surface area contributed by atoms with Gasteiger partial charge in [-0.25, -0.2) is 0 Å². The third kappa shape index (κ3) is 3.23. The quantitative estimate of drug-likeness (QED) is 0.615. The number of piperidine rings is 1. The Morgan fingerprint density at radius 2 is 1.91 bits per heavy atom. The highest BCUT2D eigenvalue weighted by atomic mass is 35.5. The zero-order chi connectivity index (χ0) is 21.8. The van der Waals surface area contributed by atoms with E-state index in [0.717, 1.165) is 43.6 Å². The molecular formula is C26H26ClN3O2. The van der Waals surface area contributed by atoms with E-state index in [1.165, 1.54) is 11.4 Å². The highest BCUT2D eigenvalue weighted by molar-refractivity contribution is 6.30. The molecule has 1 N–H and O–H groups in total. The Bertz CT molecular complexity index is 1180. The fourth-order valence-corrected chi connectivity index (χ4v) is 5.90. The van der Waals surface area contributed by atoms with E-state index in [4.69, 9.17) is 16.3 Å². The zero-order valence-corrected chi connectivity index (χ0v) is 18.6. The predicted octanol–water partition coefficient (Wildman–Crippen LogP) is 4.78. The summed E-state index contributed by atoms with van der Waals surface area (Å²) < 4.78 is 8.84. The molecule has 164 valence electrons. The van der Waals surface area contributed by atoms with Gasteiger partial charge in [0.15, 0.2) is 0 Å². The number of amides is 1. The minimum absolute atomic E-state index is 0.161. The molecule has 1 aromatic heterocycles. The number of carbonyl (C=O) groups is 1. The Balaban J connectivity index is 1.17. The third-order valence-electron chi connectivity index (χ3n) is 7.30. The number of hydrogen-bond donors (Lipinski definition) is 1. The SMILES string of the molecule is O=C(Cc1cccc(Cl)c1)N1CCC2(CC1)C[C@@]1(CO2)Nc2ccccc2-n2cccc21. The molecule has 3 aliphatic heterocycles. The van der Waals surface area contributed by atoms with E-state index >= 15 is 0 Å². The molecule has 0 saturated carbocycles. The van der Waals surface area contributed by atoms with Crippen LogP contribution in [0.1, 0.15) is 30.5 Å². The van der Waals surface area contributed by atoms with Crippen LogP contribution in [0.5, 0.6) is 0 Å². The van der Waals surface area contributed by atoms with Gasteiger partial charge in [-0.3, -0.25) is 4.79 Å². The summed E-state index contributed by atoms with van der Waals surface area (Å²) in [7, 11) is 0. The summed E-state index contributed by atoms with van der Waals surface area (Å²) in [5.74, 6) is 0.161. The van der Waals surface area contributed by atoms with Crippen molar-refractivity contribution in [3.05, 3.63) is 83.1 Å². The molecule has 0 radical (unpaired) electrons. The van der Waals surface area contributed by atoms with Gasteiger partial charge in [0.25, 0.3) is 0 Å². The first-order valence-electron chi connectivity index (χ1n) is 11.3. The predicted molar refractivity (Wildman–Crippen MR) is 125 cm³/mol. The molecule has 4 heterocycles. The van der Waals surface area contributed by atoms with Crippen LogP contribution in [0.4, 0.5) is 5.69 Å². The molecule has 1 atom stereocenters. The number of nitrogens with zero attached hydrogens (tertiary/aromatic N) is 2. The fraction of sp³-hybridized carbons (Fsp3) is 0.346. The smallest absolute Gasteiger partial charge is 0.226 e. The molecule has 3 aromatic rings. The number of halogens is 1. The van der Waals surface area contributed by atoms with Gasteiger partial charge < -0.3 is 19.5 Å².